The minimum atomic E-state index is -0.184. The molecule has 0 aliphatic heterocycles. The van der Waals surface area contributed by atoms with Gasteiger partial charge in [0.1, 0.15) is 5.69 Å². The standard InChI is InChI=1S/C6H9N3O2/c7-6-8-3-4(9-6)5(11)1-2-10/h3,10H,1-2H2,(H3,7,8,9). The molecule has 60 valence electrons. The van der Waals surface area contributed by atoms with Crippen LogP contribution in [0, 0.1) is 0 Å². The minimum Gasteiger partial charge on any atom is -0.396 e. The molecule has 1 heterocycles. The van der Waals surface area contributed by atoms with Gasteiger partial charge in [-0.25, -0.2) is 4.98 Å². The summed E-state index contributed by atoms with van der Waals surface area (Å²) in [4.78, 5) is 17.2. The quantitative estimate of drug-likeness (QED) is 0.516. The summed E-state index contributed by atoms with van der Waals surface area (Å²) in [6.45, 7) is -0.155. The molecule has 0 aliphatic rings. The largest absolute Gasteiger partial charge is 0.396 e. The third-order valence-corrected chi connectivity index (χ3v) is 1.23. The molecule has 1 aromatic rings. The van der Waals surface area contributed by atoms with Crippen LogP contribution < -0.4 is 5.73 Å². The third kappa shape index (κ3) is 1.78. The van der Waals surface area contributed by atoms with Crippen molar-refractivity contribution in [2.24, 2.45) is 0 Å². The second kappa shape index (κ2) is 3.16. The van der Waals surface area contributed by atoms with Crippen molar-refractivity contribution < 1.29 is 9.90 Å². The van der Waals surface area contributed by atoms with E-state index in [1.54, 1.807) is 0 Å². The number of nitrogens with one attached hydrogen (secondary N) is 1. The number of carbonyl (C=O) groups excluding carboxylic acids is 1. The van der Waals surface area contributed by atoms with Gasteiger partial charge in [-0.3, -0.25) is 4.79 Å². The Balaban J connectivity index is 2.69. The maximum absolute atomic E-state index is 11.0. The number of imidazole rings is 1. The van der Waals surface area contributed by atoms with E-state index in [1.165, 1.54) is 6.20 Å². The number of nitrogens with two attached hydrogens (primary N) is 1. The number of aromatic nitrogens is 2. The van der Waals surface area contributed by atoms with Gasteiger partial charge in [0.25, 0.3) is 0 Å². The predicted octanol–water partition coefficient (Wildman–Crippen LogP) is -0.443. The molecule has 0 bridgehead atoms. The third-order valence-electron chi connectivity index (χ3n) is 1.23. The fourth-order valence-corrected chi connectivity index (χ4v) is 0.715. The summed E-state index contributed by atoms with van der Waals surface area (Å²) < 4.78 is 0. The molecule has 5 heteroatoms. The molecule has 0 radical (unpaired) electrons. The SMILES string of the molecule is Nc1ncc(C(=O)CCO)[nH]1. The zero-order chi connectivity index (χ0) is 8.27. The molecule has 0 amide bonds. The van der Waals surface area contributed by atoms with Gasteiger partial charge in [0.2, 0.25) is 0 Å². The second-order valence-electron chi connectivity index (χ2n) is 2.08. The van der Waals surface area contributed by atoms with Crippen LogP contribution in [0.5, 0.6) is 0 Å². The highest BCUT2D eigenvalue weighted by Crippen LogP contribution is 2.00. The van der Waals surface area contributed by atoms with Crippen molar-refractivity contribution in [3.05, 3.63) is 11.9 Å². The number of hydrogen-bond donors (Lipinski definition) is 3. The number of aliphatic hydroxyl groups is 1. The summed E-state index contributed by atoms with van der Waals surface area (Å²) in [5.41, 5.74) is 5.58. The van der Waals surface area contributed by atoms with Crippen molar-refractivity contribution in [3.8, 4) is 0 Å². The van der Waals surface area contributed by atoms with E-state index in [4.69, 9.17) is 10.8 Å². The van der Waals surface area contributed by atoms with Crippen LogP contribution in [0.3, 0.4) is 0 Å². The molecule has 4 N–H and O–H groups in total. The molecular weight excluding hydrogens is 146 g/mol. The van der Waals surface area contributed by atoms with Gasteiger partial charge in [-0.05, 0) is 0 Å². The Hall–Kier alpha value is -1.36. The minimum absolute atomic E-state index is 0.0988. The van der Waals surface area contributed by atoms with Crippen LogP contribution in [-0.2, 0) is 0 Å². The number of ketones is 1. The van der Waals surface area contributed by atoms with E-state index in [0.29, 0.717) is 5.69 Å². The summed E-state index contributed by atoms with van der Waals surface area (Å²) >= 11 is 0. The van der Waals surface area contributed by atoms with E-state index in [2.05, 4.69) is 9.97 Å². The Morgan fingerprint density at radius 2 is 2.55 bits per heavy atom. The number of H-pyrrole nitrogens is 1. The van der Waals surface area contributed by atoms with Gasteiger partial charge >= 0.3 is 0 Å². The van der Waals surface area contributed by atoms with E-state index in [1.807, 2.05) is 0 Å². The van der Waals surface area contributed by atoms with E-state index in [0.717, 1.165) is 0 Å². The average Bonchev–Trinajstić information content (AvgIpc) is 2.36. The highest BCUT2D eigenvalue weighted by molar-refractivity contribution is 5.94. The summed E-state index contributed by atoms with van der Waals surface area (Å²) in [7, 11) is 0. The molecule has 0 fully saturated rings. The number of aliphatic hydroxyl groups excluding tert-OH is 1. The summed E-state index contributed by atoms with van der Waals surface area (Å²) in [6, 6.07) is 0. The molecule has 11 heavy (non-hydrogen) atoms. The fraction of sp³-hybridized carbons (Fsp3) is 0.333. The number of anilines is 1. The molecule has 0 saturated heterocycles. The number of rotatable bonds is 3. The smallest absolute Gasteiger partial charge is 0.197 e. The van der Waals surface area contributed by atoms with Crippen LogP contribution in [-0.4, -0.2) is 27.5 Å². The highest BCUT2D eigenvalue weighted by atomic mass is 16.3. The van der Waals surface area contributed by atoms with Crippen LogP contribution in [0.4, 0.5) is 5.95 Å². The van der Waals surface area contributed by atoms with Crippen molar-refractivity contribution in [3.63, 3.8) is 0 Å². The molecule has 1 rings (SSSR count). The van der Waals surface area contributed by atoms with E-state index >= 15 is 0 Å². The van der Waals surface area contributed by atoms with Gasteiger partial charge in [0.15, 0.2) is 11.7 Å². The summed E-state index contributed by atoms with van der Waals surface area (Å²) in [6.07, 6.45) is 1.45. The Morgan fingerprint density at radius 1 is 1.82 bits per heavy atom. The number of Topliss-reactive ketones (excluding diaryl/α,β-unsaturated/α-hetero) is 1. The number of hydrogen-bond acceptors (Lipinski definition) is 4. The van der Waals surface area contributed by atoms with Gasteiger partial charge in [-0.15, -0.1) is 0 Å². The number of nitrogens with zero attached hydrogens (tertiary/aromatic N) is 1. The monoisotopic (exact) mass is 155 g/mol. The van der Waals surface area contributed by atoms with Gasteiger partial charge in [-0.1, -0.05) is 0 Å². The predicted molar refractivity (Wildman–Crippen MR) is 39.0 cm³/mol. The first kappa shape index (κ1) is 7.74. The number of carbonyl (C=O) groups is 1. The lowest BCUT2D eigenvalue weighted by Crippen LogP contribution is -2.02. The topological polar surface area (TPSA) is 92.0 Å². The molecule has 0 saturated carbocycles. The highest BCUT2D eigenvalue weighted by Gasteiger charge is 2.06. The maximum Gasteiger partial charge on any atom is 0.197 e. The van der Waals surface area contributed by atoms with E-state index in [9.17, 15) is 4.79 Å². The summed E-state index contributed by atoms with van der Waals surface area (Å²) in [5, 5.41) is 8.42. The van der Waals surface area contributed by atoms with E-state index < -0.39 is 0 Å². The molecule has 0 spiro atoms. The Bertz CT molecular complexity index is 256. The van der Waals surface area contributed by atoms with Crippen molar-refractivity contribution in [2.75, 3.05) is 12.3 Å². The Morgan fingerprint density at radius 3 is 3.00 bits per heavy atom. The Labute approximate surface area is 63.3 Å². The van der Waals surface area contributed by atoms with Crippen molar-refractivity contribution in [1.82, 2.24) is 9.97 Å². The number of nitrogen functional groups attached to an aromatic ring is 1. The molecule has 1 aromatic heterocycles. The summed E-state index contributed by atoms with van der Waals surface area (Å²) in [5.74, 6) is 0.0305. The first-order valence-corrected chi connectivity index (χ1v) is 3.18. The van der Waals surface area contributed by atoms with Crippen LogP contribution in [0.25, 0.3) is 0 Å². The van der Waals surface area contributed by atoms with Crippen LogP contribution in [0.15, 0.2) is 6.20 Å². The normalized spacial score (nSPS) is 9.91. The van der Waals surface area contributed by atoms with Crippen LogP contribution in [0.2, 0.25) is 0 Å². The average molecular weight is 155 g/mol. The van der Waals surface area contributed by atoms with Crippen molar-refractivity contribution >= 4 is 11.7 Å². The maximum atomic E-state index is 11.0. The zero-order valence-electron chi connectivity index (χ0n) is 5.87. The van der Waals surface area contributed by atoms with Gasteiger partial charge in [-0.2, -0.15) is 0 Å². The first-order valence-electron chi connectivity index (χ1n) is 3.18. The Kier molecular flexibility index (Phi) is 2.22. The zero-order valence-corrected chi connectivity index (χ0v) is 5.87. The van der Waals surface area contributed by atoms with Crippen LogP contribution >= 0.6 is 0 Å². The van der Waals surface area contributed by atoms with Gasteiger partial charge in [0, 0.05) is 6.42 Å². The molecule has 5 nitrogen and oxygen atoms in total. The van der Waals surface area contributed by atoms with Crippen molar-refractivity contribution in [1.29, 1.82) is 0 Å². The molecule has 0 aliphatic carbocycles. The second-order valence-corrected chi connectivity index (χ2v) is 2.08. The lowest BCUT2D eigenvalue weighted by Gasteiger charge is -1.91. The molecule has 0 atom stereocenters. The van der Waals surface area contributed by atoms with Crippen molar-refractivity contribution in [2.45, 2.75) is 6.42 Å². The molecular formula is C6H9N3O2. The molecule has 0 unspecified atom stereocenters. The molecule has 0 aromatic carbocycles. The van der Waals surface area contributed by atoms with Gasteiger partial charge in [0.05, 0.1) is 12.8 Å². The number of aromatic amines is 1. The lowest BCUT2D eigenvalue weighted by atomic mass is 10.2. The lowest BCUT2D eigenvalue weighted by molar-refractivity contribution is 0.0952. The van der Waals surface area contributed by atoms with Crippen LogP contribution in [0.1, 0.15) is 16.9 Å². The van der Waals surface area contributed by atoms with Gasteiger partial charge < -0.3 is 15.8 Å². The van der Waals surface area contributed by atoms with E-state index in [-0.39, 0.29) is 24.8 Å². The first-order chi connectivity index (χ1) is 5.24. The fourth-order valence-electron chi connectivity index (χ4n) is 0.715.